The van der Waals surface area contributed by atoms with Crippen LogP contribution >= 0.6 is 0 Å². The van der Waals surface area contributed by atoms with Gasteiger partial charge in [-0.25, -0.2) is 14.6 Å². The molecule has 0 aliphatic carbocycles. The molecule has 0 fully saturated rings. The van der Waals surface area contributed by atoms with Gasteiger partial charge in [-0.1, -0.05) is 13.8 Å². The van der Waals surface area contributed by atoms with Gasteiger partial charge in [0.25, 0.3) is 0 Å². The number of hydrogen-bond donors (Lipinski definition) is 1. The minimum absolute atomic E-state index is 0.219. The van der Waals surface area contributed by atoms with Gasteiger partial charge in [0.05, 0.1) is 18.3 Å². The van der Waals surface area contributed by atoms with E-state index in [1.54, 1.807) is 24.3 Å². The number of ether oxygens (including phenoxy) is 1. The van der Waals surface area contributed by atoms with E-state index in [1.165, 1.54) is 6.33 Å². The lowest BCUT2D eigenvalue weighted by Crippen LogP contribution is -2.31. The van der Waals surface area contributed by atoms with E-state index in [-0.39, 0.29) is 6.04 Å². The van der Waals surface area contributed by atoms with Gasteiger partial charge in [-0.2, -0.15) is 5.10 Å². The SMILES string of the molecule is COCC(Nc1cccnc1-n1cncn1)C(C)C. The number of anilines is 1. The number of nitrogens with one attached hydrogen (secondary N) is 1. The van der Waals surface area contributed by atoms with Crippen LogP contribution < -0.4 is 5.32 Å². The fourth-order valence-corrected chi connectivity index (χ4v) is 1.79. The summed E-state index contributed by atoms with van der Waals surface area (Å²) in [4.78, 5) is 8.30. The lowest BCUT2D eigenvalue weighted by molar-refractivity contribution is 0.171. The summed E-state index contributed by atoms with van der Waals surface area (Å²) in [6.07, 6.45) is 4.87. The molecule has 1 atom stereocenters. The molecule has 0 bridgehead atoms. The van der Waals surface area contributed by atoms with Crippen LogP contribution in [-0.2, 0) is 4.74 Å². The van der Waals surface area contributed by atoms with Gasteiger partial charge >= 0.3 is 0 Å². The Kier molecular flexibility index (Phi) is 4.46. The maximum atomic E-state index is 5.25. The second-order valence-corrected chi connectivity index (χ2v) is 4.66. The lowest BCUT2D eigenvalue weighted by Gasteiger charge is -2.23. The van der Waals surface area contributed by atoms with E-state index in [9.17, 15) is 0 Å². The highest BCUT2D eigenvalue weighted by Crippen LogP contribution is 2.19. The zero-order valence-corrected chi connectivity index (χ0v) is 11.4. The van der Waals surface area contributed by atoms with Gasteiger partial charge in [0.15, 0.2) is 5.82 Å². The molecule has 1 unspecified atom stereocenters. The number of methoxy groups -OCH3 is 1. The predicted molar refractivity (Wildman–Crippen MR) is 73.3 cm³/mol. The molecule has 6 heteroatoms. The molecule has 0 aliphatic rings. The van der Waals surface area contributed by atoms with E-state index in [0.717, 1.165) is 11.5 Å². The first kappa shape index (κ1) is 13.5. The Labute approximate surface area is 112 Å². The molecule has 102 valence electrons. The summed E-state index contributed by atoms with van der Waals surface area (Å²) in [6, 6.07) is 4.10. The molecule has 0 spiro atoms. The van der Waals surface area contributed by atoms with Crippen LogP contribution in [0.25, 0.3) is 5.82 Å². The summed E-state index contributed by atoms with van der Waals surface area (Å²) < 4.78 is 6.90. The molecule has 19 heavy (non-hydrogen) atoms. The third-order valence-corrected chi connectivity index (χ3v) is 2.91. The van der Waals surface area contributed by atoms with Crippen molar-refractivity contribution in [3.63, 3.8) is 0 Å². The van der Waals surface area contributed by atoms with Crippen LogP contribution in [0.5, 0.6) is 0 Å². The molecular weight excluding hydrogens is 242 g/mol. The van der Waals surface area contributed by atoms with Crippen molar-refractivity contribution in [2.75, 3.05) is 19.0 Å². The third kappa shape index (κ3) is 3.29. The zero-order valence-electron chi connectivity index (χ0n) is 11.4. The van der Waals surface area contributed by atoms with Crippen molar-refractivity contribution in [3.05, 3.63) is 31.0 Å². The highest BCUT2D eigenvalue weighted by molar-refractivity contribution is 5.56. The van der Waals surface area contributed by atoms with Gasteiger partial charge in [0, 0.05) is 13.3 Å². The van der Waals surface area contributed by atoms with Crippen LogP contribution in [0, 0.1) is 5.92 Å². The molecule has 6 nitrogen and oxygen atoms in total. The van der Waals surface area contributed by atoms with Crippen molar-refractivity contribution in [2.24, 2.45) is 5.92 Å². The van der Waals surface area contributed by atoms with Gasteiger partial charge in [0.1, 0.15) is 12.7 Å². The molecule has 2 rings (SSSR count). The van der Waals surface area contributed by atoms with Crippen molar-refractivity contribution >= 4 is 5.69 Å². The number of rotatable bonds is 6. The van der Waals surface area contributed by atoms with Gasteiger partial charge in [-0.15, -0.1) is 0 Å². The summed E-state index contributed by atoms with van der Waals surface area (Å²) in [5, 5.41) is 7.58. The molecule has 0 amide bonds. The number of pyridine rings is 1. The molecule has 0 aliphatic heterocycles. The van der Waals surface area contributed by atoms with Gasteiger partial charge in [-0.05, 0) is 18.1 Å². The van der Waals surface area contributed by atoms with Crippen molar-refractivity contribution < 1.29 is 4.74 Å². The second kappa shape index (κ2) is 6.29. The number of hydrogen-bond acceptors (Lipinski definition) is 5. The third-order valence-electron chi connectivity index (χ3n) is 2.91. The largest absolute Gasteiger partial charge is 0.383 e. The molecule has 2 heterocycles. The van der Waals surface area contributed by atoms with Gasteiger partial charge in [-0.3, -0.25) is 0 Å². The van der Waals surface area contributed by atoms with Crippen LogP contribution in [0.1, 0.15) is 13.8 Å². The summed E-state index contributed by atoms with van der Waals surface area (Å²) in [5.74, 6) is 1.19. The van der Waals surface area contributed by atoms with Gasteiger partial charge in [0.2, 0.25) is 0 Å². The Morgan fingerprint density at radius 2 is 2.26 bits per heavy atom. The molecule has 0 saturated carbocycles. The standard InChI is InChI=1S/C13H19N5O/c1-10(2)12(7-19-3)17-11-5-4-6-15-13(11)18-9-14-8-16-18/h4-6,8-10,12,17H,7H2,1-3H3. The van der Waals surface area contributed by atoms with Crippen LogP contribution in [0.15, 0.2) is 31.0 Å². The Bertz CT molecular complexity index is 497. The predicted octanol–water partition coefficient (Wildman–Crippen LogP) is 1.75. The molecule has 2 aromatic rings. The van der Waals surface area contributed by atoms with E-state index < -0.39 is 0 Å². The summed E-state index contributed by atoms with van der Waals surface area (Å²) >= 11 is 0. The maximum Gasteiger partial charge on any atom is 0.178 e. The zero-order chi connectivity index (χ0) is 13.7. The minimum Gasteiger partial charge on any atom is -0.383 e. The van der Waals surface area contributed by atoms with Gasteiger partial charge < -0.3 is 10.1 Å². The van der Waals surface area contributed by atoms with E-state index >= 15 is 0 Å². The molecule has 0 aromatic carbocycles. The number of nitrogens with zero attached hydrogens (tertiary/aromatic N) is 4. The monoisotopic (exact) mass is 261 g/mol. The molecule has 0 radical (unpaired) electrons. The Hall–Kier alpha value is -1.95. The first-order chi connectivity index (χ1) is 9.22. The van der Waals surface area contributed by atoms with Crippen molar-refractivity contribution in [1.82, 2.24) is 19.7 Å². The Morgan fingerprint density at radius 3 is 2.89 bits per heavy atom. The second-order valence-electron chi connectivity index (χ2n) is 4.66. The van der Waals surface area contributed by atoms with E-state index in [4.69, 9.17) is 4.74 Å². The van der Waals surface area contributed by atoms with Crippen LogP contribution in [0.4, 0.5) is 5.69 Å². The molecule has 2 aromatic heterocycles. The van der Waals surface area contributed by atoms with Crippen LogP contribution in [0.2, 0.25) is 0 Å². The number of aromatic nitrogens is 4. The van der Waals surface area contributed by atoms with E-state index in [2.05, 4.69) is 34.2 Å². The molecular formula is C13H19N5O. The molecule has 1 N–H and O–H groups in total. The Morgan fingerprint density at radius 1 is 1.42 bits per heavy atom. The van der Waals surface area contributed by atoms with Crippen molar-refractivity contribution in [1.29, 1.82) is 0 Å². The summed E-state index contributed by atoms with van der Waals surface area (Å²) in [5.41, 5.74) is 0.920. The van der Waals surface area contributed by atoms with Crippen LogP contribution in [-0.4, -0.2) is 39.5 Å². The molecule has 0 saturated heterocycles. The quantitative estimate of drug-likeness (QED) is 0.858. The van der Waals surface area contributed by atoms with E-state index in [1.807, 2.05) is 12.1 Å². The van der Waals surface area contributed by atoms with Crippen LogP contribution in [0.3, 0.4) is 0 Å². The summed E-state index contributed by atoms with van der Waals surface area (Å²) in [7, 11) is 1.71. The highest BCUT2D eigenvalue weighted by atomic mass is 16.5. The fraction of sp³-hybridized carbons (Fsp3) is 0.462. The maximum absolute atomic E-state index is 5.25. The van der Waals surface area contributed by atoms with Crippen molar-refractivity contribution in [3.8, 4) is 5.82 Å². The highest BCUT2D eigenvalue weighted by Gasteiger charge is 2.15. The average molecular weight is 261 g/mol. The van der Waals surface area contributed by atoms with Crippen molar-refractivity contribution in [2.45, 2.75) is 19.9 Å². The normalized spacial score (nSPS) is 12.6. The average Bonchev–Trinajstić information content (AvgIpc) is 2.92. The fourth-order valence-electron chi connectivity index (χ4n) is 1.79. The van der Waals surface area contributed by atoms with E-state index in [0.29, 0.717) is 12.5 Å². The Balaban J connectivity index is 2.25. The topological polar surface area (TPSA) is 64.9 Å². The minimum atomic E-state index is 0.219. The first-order valence-corrected chi connectivity index (χ1v) is 6.28. The summed E-state index contributed by atoms with van der Waals surface area (Å²) in [6.45, 7) is 4.95. The lowest BCUT2D eigenvalue weighted by atomic mass is 10.1. The smallest absolute Gasteiger partial charge is 0.178 e. The first-order valence-electron chi connectivity index (χ1n) is 6.28.